The first-order valence-electron chi connectivity index (χ1n) is 6.40. The molecule has 0 aromatic heterocycles. The molecule has 112 valence electrons. The molecule has 0 bridgehead atoms. The highest BCUT2D eigenvalue weighted by molar-refractivity contribution is 6.05. The molecule has 7 heteroatoms. The lowest BCUT2D eigenvalue weighted by atomic mass is 10.1. The molecule has 0 aliphatic carbocycles. The van der Waals surface area contributed by atoms with E-state index >= 15 is 0 Å². The van der Waals surface area contributed by atoms with Gasteiger partial charge in [-0.15, -0.1) is 0 Å². The van der Waals surface area contributed by atoms with Gasteiger partial charge in [0.1, 0.15) is 0 Å². The Bertz CT molecular complexity index is 743. The van der Waals surface area contributed by atoms with E-state index < -0.39 is 10.8 Å². The summed E-state index contributed by atoms with van der Waals surface area (Å²) in [4.78, 5) is 33.8. The van der Waals surface area contributed by atoms with Gasteiger partial charge >= 0.3 is 0 Å². The van der Waals surface area contributed by atoms with Gasteiger partial charge in [0.05, 0.1) is 11.5 Å². The van der Waals surface area contributed by atoms with Crippen LogP contribution in [0.5, 0.6) is 0 Å². The number of nitrogens with two attached hydrogens (primary N) is 1. The number of amides is 1. The van der Waals surface area contributed by atoms with Gasteiger partial charge in [-0.2, -0.15) is 0 Å². The van der Waals surface area contributed by atoms with E-state index in [0.29, 0.717) is 11.3 Å². The minimum Gasteiger partial charge on any atom is -0.324 e. The fourth-order valence-corrected chi connectivity index (χ4v) is 1.85. The molecule has 0 saturated carbocycles. The first kappa shape index (κ1) is 15.3. The van der Waals surface area contributed by atoms with Crippen LogP contribution in [0.2, 0.25) is 0 Å². The molecule has 0 unspecified atom stereocenters. The van der Waals surface area contributed by atoms with Crippen molar-refractivity contribution in [3.63, 3.8) is 0 Å². The molecule has 0 aliphatic heterocycles. The lowest BCUT2D eigenvalue weighted by Crippen LogP contribution is -2.15. The predicted octanol–water partition coefficient (Wildman–Crippen LogP) is 1.99. The van der Waals surface area contributed by atoms with Gasteiger partial charge in [-0.3, -0.25) is 19.7 Å². The Balaban J connectivity index is 2.20. The zero-order valence-corrected chi connectivity index (χ0v) is 11.5. The summed E-state index contributed by atoms with van der Waals surface area (Å²) in [5.41, 5.74) is 6.08. The Labute approximate surface area is 125 Å². The largest absolute Gasteiger partial charge is 0.324 e. The summed E-state index contributed by atoms with van der Waals surface area (Å²) in [6.45, 7) is -0.123. The number of nitrogens with one attached hydrogen (secondary N) is 1. The second kappa shape index (κ2) is 6.59. The second-order valence-electron chi connectivity index (χ2n) is 4.47. The summed E-state index contributed by atoms with van der Waals surface area (Å²) >= 11 is 0. The van der Waals surface area contributed by atoms with Crippen LogP contribution in [0.3, 0.4) is 0 Å². The second-order valence-corrected chi connectivity index (χ2v) is 4.47. The van der Waals surface area contributed by atoms with E-state index in [2.05, 4.69) is 5.32 Å². The van der Waals surface area contributed by atoms with Crippen molar-refractivity contribution in [2.24, 2.45) is 5.73 Å². The van der Waals surface area contributed by atoms with Crippen molar-refractivity contribution in [3.05, 3.63) is 69.8 Å². The molecule has 0 saturated heterocycles. The maximum Gasteiger partial charge on any atom is 0.270 e. The number of rotatable bonds is 5. The zero-order valence-electron chi connectivity index (χ0n) is 11.5. The van der Waals surface area contributed by atoms with Gasteiger partial charge in [-0.05, 0) is 18.2 Å². The summed E-state index contributed by atoms with van der Waals surface area (Å²) in [7, 11) is 0. The molecule has 2 aromatic carbocycles. The minimum absolute atomic E-state index is 0.123. The minimum atomic E-state index is -0.572. The van der Waals surface area contributed by atoms with Crippen LogP contribution in [0.15, 0.2) is 48.5 Å². The highest BCUT2D eigenvalue weighted by Crippen LogP contribution is 2.16. The number of hydrogen-bond acceptors (Lipinski definition) is 5. The third kappa shape index (κ3) is 3.53. The number of anilines is 1. The molecule has 0 atom stereocenters. The number of Topliss-reactive ketones (excluding diaryl/α,β-unsaturated/α-hetero) is 1. The van der Waals surface area contributed by atoms with Crippen molar-refractivity contribution in [1.29, 1.82) is 0 Å². The number of ketones is 1. The maximum atomic E-state index is 12.1. The fraction of sp³-hybridized carbons (Fsp3) is 0.0667. The van der Waals surface area contributed by atoms with E-state index in [4.69, 9.17) is 5.73 Å². The number of nitro groups is 1. The Morgan fingerprint density at radius 1 is 1.09 bits per heavy atom. The summed E-state index contributed by atoms with van der Waals surface area (Å²) in [5.74, 6) is -0.743. The van der Waals surface area contributed by atoms with Crippen molar-refractivity contribution in [1.82, 2.24) is 0 Å². The predicted molar refractivity (Wildman–Crippen MR) is 80.9 cm³/mol. The average Bonchev–Trinajstić information content (AvgIpc) is 2.54. The molecular weight excluding hydrogens is 286 g/mol. The van der Waals surface area contributed by atoms with Gasteiger partial charge in [0, 0.05) is 28.9 Å². The zero-order chi connectivity index (χ0) is 16.1. The molecular formula is C15H13N3O4. The Kier molecular flexibility index (Phi) is 4.60. The summed E-state index contributed by atoms with van der Waals surface area (Å²) in [5, 5.41) is 13.3. The molecule has 7 nitrogen and oxygen atoms in total. The van der Waals surface area contributed by atoms with Crippen LogP contribution in [-0.4, -0.2) is 23.2 Å². The van der Waals surface area contributed by atoms with Gasteiger partial charge < -0.3 is 11.1 Å². The molecule has 0 heterocycles. The summed E-state index contributed by atoms with van der Waals surface area (Å²) in [6, 6.07) is 11.7. The van der Waals surface area contributed by atoms with Crippen LogP contribution in [0.4, 0.5) is 11.4 Å². The third-order valence-corrected chi connectivity index (χ3v) is 2.95. The monoisotopic (exact) mass is 299 g/mol. The number of benzene rings is 2. The number of carbonyl (C=O) groups excluding carboxylic acids is 2. The van der Waals surface area contributed by atoms with Crippen molar-refractivity contribution < 1.29 is 14.5 Å². The quantitative estimate of drug-likeness (QED) is 0.497. The van der Waals surface area contributed by atoms with E-state index in [9.17, 15) is 19.7 Å². The molecule has 3 N–H and O–H groups in total. The van der Waals surface area contributed by atoms with Gasteiger partial charge in [0.2, 0.25) is 0 Å². The highest BCUT2D eigenvalue weighted by atomic mass is 16.6. The van der Waals surface area contributed by atoms with Crippen molar-refractivity contribution >= 4 is 23.1 Å². The highest BCUT2D eigenvalue weighted by Gasteiger charge is 2.12. The number of carbonyl (C=O) groups is 2. The number of nitrogens with zero attached hydrogens (tertiary/aromatic N) is 1. The fourth-order valence-electron chi connectivity index (χ4n) is 1.85. The molecule has 2 aromatic rings. The van der Waals surface area contributed by atoms with Gasteiger partial charge in [0.25, 0.3) is 11.6 Å². The Hall–Kier alpha value is -3.06. The van der Waals surface area contributed by atoms with Crippen molar-refractivity contribution in [3.8, 4) is 0 Å². The molecule has 0 spiro atoms. The topological polar surface area (TPSA) is 115 Å². The van der Waals surface area contributed by atoms with Crippen LogP contribution in [0, 0.1) is 10.1 Å². The van der Waals surface area contributed by atoms with Crippen LogP contribution < -0.4 is 11.1 Å². The maximum absolute atomic E-state index is 12.1. The van der Waals surface area contributed by atoms with Gasteiger partial charge in [-0.1, -0.05) is 18.2 Å². The Morgan fingerprint density at radius 2 is 1.77 bits per heavy atom. The first-order valence-corrected chi connectivity index (χ1v) is 6.40. The van der Waals surface area contributed by atoms with E-state index in [1.165, 1.54) is 30.3 Å². The van der Waals surface area contributed by atoms with Crippen LogP contribution in [0.25, 0.3) is 0 Å². The van der Waals surface area contributed by atoms with E-state index in [1.807, 2.05) is 0 Å². The molecule has 0 aliphatic rings. The SMILES string of the molecule is NCC(=O)c1cccc(NC(=O)c2cccc([N+](=O)[O-])c2)c1. The summed E-state index contributed by atoms with van der Waals surface area (Å²) in [6.07, 6.45) is 0. The molecule has 0 radical (unpaired) electrons. The smallest absolute Gasteiger partial charge is 0.270 e. The van der Waals surface area contributed by atoms with Crippen molar-refractivity contribution in [2.75, 3.05) is 11.9 Å². The van der Waals surface area contributed by atoms with Crippen LogP contribution in [0.1, 0.15) is 20.7 Å². The first-order chi connectivity index (χ1) is 10.5. The number of nitro benzene ring substituents is 1. The van der Waals surface area contributed by atoms with E-state index in [0.717, 1.165) is 0 Å². The lowest BCUT2D eigenvalue weighted by Gasteiger charge is -2.07. The van der Waals surface area contributed by atoms with Gasteiger partial charge in [0.15, 0.2) is 5.78 Å². The molecule has 22 heavy (non-hydrogen) atoms. The Morgan fingerprint density at radius 3 is 2.45 bits per heavy atom. The molecule has 2 rings (SSSR count). The van der Waals surface area contributed by atoms with Crippen LogP contribution in [-0.2, 0) is 0 Å². The van der Waals surface area contributed by atoms with E-state index in [1.54, 1.807) is 18.2 Å². The normalized spacial score (nSPS) is 10.0. The molecule has 1 amide bonds. The van der Waals surface area contributed by atoms with Gasteiger partial charge in [-0.25, -0.2) is 0 Å². The van der Waals surface area contributed by atoms with E-state index in [-0.39, 0.29) is 23.6 Å². The standard InChI is InChI=1S/C15H13N3O4/c16-9-14(19)10-3-1-5-12(7-10)17-15(20)11-4-2-6-13(8-11)18(21)22/h1-8H,9,16H2,(H,17,20). The third-order valence-electron chi connectivity index (χ3n) is 2.95. The molecule has 0 fully saturated rings. The van der Waals surface area contributed by atoms with Crippen molar-refractivity contribution in [2.45, 2.75) is 0 Å². The number of non-ortho nitro benzene ring substituents is 1. The lowest BCUT2D eigenvalue weighted by molar-refractivity contribution is -0.384. The number of hydrogen-bond donors (Lipinski definition) is 2. The average molecular weight is 299 g/mol. The van der Waals surface area contributed by atoms with Crippen LogP contribution >= 0.6 is 0 Å². The summed E-state index contributed by atoms with van der Waals surface area (Å²) < 4.78 is 0.